The van der Waals surface area contributed by atoms with E-state index in [1.54, 1.807) is 35.1 Å². The van der Waals surface area contributed by atoms with Crippen LogP contribution in [0.2, 0.25) is 0 Å². The molecule has 0 fully saturated rings. The summed E-state index contributed by atoms with van der Waals surface area (Å²) in [6.07, 6.45) is 3.08. The number of fused-ring (bicyclic) bond motifs is 1. The number of rotatable bonds is 6. The Bertz CT molecular complexity index is 1300. The van der Waals surface area contributed by atoms with Gasteiger partial charge in [-0.2, -0.15) is 5.10 Å². The van der Waals surface area contributed by atoms with Gasteiger partial charge in [0.25, 0.3) is 5.91 Å². The second-order valence-electron chi connectivity index (χ2n) is 7.73. The molecule has 0 saturated carbocycles. The van der Waals surface area contributed by atoms with Gasteiger partial charge in [0.05, 0.1) is 23.4 Å². The number of likely N-dealkylation sites (N-methyl/N-ethyl adjacent to an activating group) is 1. The van der Waals surface area contributed by atoms with E-state index in [9.17, 15) is 14.0 Å². The summed E-state index contributed by atoms with van der Waals surface area (Å²) in [6.45, 7) is 3.91. The van der Waals surface area contributed by atoms with Gasteiger partial charge in [0.2, 0.25) is 5.91 Å². The molecule has 8 nitrogen and oxygen atoms in total. The van der Waals surface area contributed by atoms with E-state index in [-0.39, 0.29) is 17.2 Å². The Morgan fingerprint density at radius 3 is 2.59 bits per heavy atom. The molecule has 1 aromatic carbocycles. The number of hydrogen-bond acceptors (Lipinski definition) is 5. The summed E-state index contributed by atoms with van der Waals surface area (Å²) in [5.41, 5.74) is 7.11. The molecule has 0 radical (unpaired) electrons. The van der Waals surface area contributed by atoms with Crippen molar-refractivity contribution in [2.24, 2.45) is 5.73 Å². The molecule has 0 aliphatic heterocycles. The first-order chi connectivity index (χ1) is 15.3. The molecule has 0 aliphatic carbocycles. The number of aromatic nitrogens is 3. The van der Waals surface area contributed by atoms with Crippen LogP contribution in [0.15, 0.2) is 59.3 Å². The van der Waals surface area contributed by atoms with Gasteiger partial charge < -0.3 is 15.1 Å². The topological polar surface area (TPSA) is 107 Å². The molecule has 9 heteroatoms. The number of primary amides is 1. The molecule has 3 heterocycles. The largest absolute Gasteiger partial charge is 0.463 e. The van der Waals surface area contributed by atoms with Crippen molar-refractivity contribution in [3.63, 3.8) is 0 Å². The second kappa shape index (κ2) is 8.26. The summed E-state index contributed by atoms with van der Waals surface area (Å²) in [7, 11) is 1.45. The maximum Gasteiger partial charge on any atom is 0.255 e. The minimum absolute atomic E-state index is 0.00167. The number of amides is 2. The molecule has 32 heavy (non-hydrogen) atoms. The average Bonchev–Trinajstić information content (AvgIpc) is 3.42. The predicted molar refractivity (Wildman–Crippen MR) is 116 cm³/mol. The molecule has 0 spiro atoms. The minimum atomic E-state index is -1.16. The van der Waals surface area contributed by atoms with E-state index in [0.29, 0.717) is 22.5 Å². The van der Waals surface area contributed by atoms with E-state index >= 15 is 0 Å². The second-order valence-corrected chi connectivity index (χ2v) is 7.73. The minimum Gasteiger partial charge on any atom is -0.463 e. The zero-order chi connectivity index (χ0) is 23.0. The Hall–Kier alpha value is -4.01. The van der Waals surface area contributed by atoms with Crippen LogP contribution in [0.4, 0.5) is 4.39 Å². The van der Waals surface area contributed by atoms with Crippen LogP contribution in [0.1, 0.15) is 41.9 Å². The smallest absolute Gasteiger partial charge is 0.255 e. The number of benzene rings is 1. The van der Waals surface area contributed by atoms with Crippen molar-refractivity contribution < 1.29 is 18.4 Å². The Balaban J connectivity index is 1.86. The van der Waals surface area contributed by atoms with Crippen LogP contribution in [-0.2, 0) is 4.79 Å². The van der Waals surface area contributed by atoms with Crippen LogP contribution in [0.25, 0.3) is 22.5 Å². The van der Waals surface area contributed by atoms with Gasteiger partial charge in [-0.25, -0.2) is 14.1 Å². The molecule has 164 valence electrons. The lowest BCUT2D eigenvalue weighted by atomic mass is 10.0. The van der Waals surface area contributed by atoms with E-state index in [1.165, 1.54) is 36.4 Å². The fraction of sp³-hybridized carbons (Fsp3) is 0.217. The zero-order valence-corrected chi connectivity index (χ0v) is 17.8. The van der Waals surface area contributed by atoms with Gasteiger partial charge in [-0.15, -0.1) is 0 Å². The first-order valence-corrected chi connectivity index (χ1v) is 10.0. The van der Waals surface area contributed by atoms with E-state index in [2.05, 4.69) is 10.1 Å². The maximum absolute atomic E-state index is 13.8. The fourth-order valence-corrected chi connectivity index (χ4v) is 3.69. The van der Waals surface area contributed by atoms with Crippen molar-refractivity contribution in [2.75, 3.05) is 7.05 Å². The molecule has 0 bridgehead atoms. The van der Waals surface area contributed by atoms with E-state index in [0.717, 1.165) is 0 Å². The number of hydrogen-bond donors (Lipinski definition) is 1. The first kappa shape index (κ1) is 21.2. The third-order valence-electron chi connectivity index (χ3n) is 5.20. The summed E-state index contributed by atoms with van der Waals surface area (Å²) < 4.78 is 21.0. The summed E-state index contributed by atoms with van der Waals surface area (Å²) in [6, 6.07) is 9.35. The molecule has 4 aromatic rings. The van der Waals surface area contributed by atoms with Crippen LogP contribution in [-0.4, -0.2) is 38.5 Å². The lowest BCUT2D eigenvalue weighted by Gasteiger charge is -2.26. The summed E-state index contributed by atoms with van der Waals surface area (Å²) in [4.78, 5) is 31.7. The van der Waals surface area contributed by atoms with Gasteiger partial charge in [0.1, 0.15) is 17.6 Å². The standard InChI is InChI=1S/C23H22FN5O3/c1-13(2)29-22-17(12-26-29)16(11-18(27-22)19-8-5-9-32-19)23(31)28(3)20(21(25)30)14-6-4-7-15(24)10-14/h4-13,20H,1-3H3,(H2,25,30). The highest BCUT2D eigenvalue weighted by molar-refractivity contribution is 6.07. The number of carbonyl (C=O) groups is 2. The third-order valence-corrected chi connectivity index (χ3v) is 5.20. The molecule has 1 unspecified atom stereocenters. The molecule has 2 amide bonds. The van der Waals surface area contributed by atoms with E-state index < -0.39 is 23.7 Å². The lowest BCUT2D eigenvalue weighted by molar-refractivity contribution is -0.122. The molecular weight excluding hydrogens is 413 g/mol. The molecule has 4 rings (SSSR count). The van der Waals surface area contributed by atoms with Gasteiger partial charge in [-0.05, 0) is 49.7 Å². The van der Waals surface area contributed by atoms with Gasteiger partial charge in [-0.3, -0.25) is 9.59 Å². The molecule has 1 atom stereocenters. The number of pyridine rings is 1. The van der Waals surface area contributed by atoms with E-state index in [4.69, 9.17) is 10.2 Å². The Morgan fingerprint density at radius 2 is 1.97 bits per heavy atom. The highest BCUT2D eigenvalue weighted by Gasteiger charge is 2.30. The van der Waals surface area contributed by atoms with Crippen LogP contribution in [0.3, 0.4) is 0 Å². The van der Waals surface area contributed by atoms with Crippen molar-refractivity contribution in [1.82, 2.24) is 19.7 Å². The SMILES string of the molecule is CC(C)n1ncc2c(C(=O)N(C)C(C(N)=O)c3cccc(F)c3)cc(-c3ccco3)nc21. The number of carbonyl (C=O) groups excluding carboxylic acids is 2. The Kier molecular flexibility index (Phi) is 5.48. The normalized spacial score (nSPS) is 12.3. The summed E-state index contributed by atoms with van der Waals surface area (Å²) >= 11 is 0. The Morgan fingerprint density at radius 1 is 1.19 bits per heavy atom. The van der Waals surface area contributed by atoms with Gasteiger partial charge in [0.15, 0.2) is 11.4 Å². The Labute approximate surface area is 183 Å². The molecule has 3 aromatic heterocycles. The predicted octanol–water partition coefficient (Wildman–Crippen LogP) is 3.71. The monoisotopic (exact) mass is 435 g/mol. The van der Waals surface area contributed by atoms with Gasteiger partial charge in [0, 0.05) is 13.1 Å². The average molecular weight is 435 g/mol. The highest BCUT2D eigenvalue weighted by Crippen LogP contribution is 2.29. The molecule has 0 saturated heterocycles. The third kappa shape index (κ3) is 3.73. The van der Waals surface area contributed by atoms with Crippen molar-refractivity contribution in [2.45, 2.75) is 25.9 Å². The lowest BCUT2D eigenvalue weighted by Crippen LogP contribution is -2.39. The first-order valence-electron chi connectivity index (χ1n) is 10.0. The van der Waals surface area contributed by atoms with Gasteiger partial charge in [-0.1, -0.05) is 12.1 Å². The maximum atomic E-state index is 13.8. The molecule has 0 aliphatic rings. The number of nitrogens with two attached hydrogens (primary N) is 1. The number of halogens is 1. The molecular formula is C23H22FN5O3. The van der Waals surface area contributed by atoms with Crippen LogP contribution in [0, 0.1) is 5.82 Å². The quantitative estimate of drug-likeness (QED) is 0.497. The van der Waals surface area contributed by atoms with Gasteiger partial charge >= 0.3 is 0 Å². The number of furan rings is 1. The van der Waals surface area contributed by atoms with Crippen LogP contribution in [0.5, 0.6) is 0 Å². The van der Waals surface area contributed by atoms with E-state index in [1.807, 2.05) is 13.8 Å². The van der Waals surface area contributed by atoms with Crippen molar-refractivity contribution in [1.29, 1.82) is 0 Å². The summed E-state index contributed by atoms with van der Waals surface area (Å²) in [5.74, 6) is -1.31. The number of nitrogens with zero attached hydrogens (tertiary/aromatic N) is 4. The van der Waals surface area contributed by atoms with Crippen molar-refractivity contribution in [3.8, 4) is 11.5 Å². The zero-order valence-electron chi connectivity index (χ0n) is 17.8. The van der Waals surface area contributed by atoms with Crippen LogP contribution >= 0.6 is 0 Å². The van der Waals surface area contributed by atoms with Crippen LogP contribution < -0.4 is 5.73 Å². The van der Waals surface area contributed by atoms with Crippen molar-refractivity contribution >= 4 is 22.8 Å². The fourth-order valence-electron chi connectivity index (χ4n) is 3.69. The highest BCUT2D eigenvalue weighted by atomic mass is 19.1. The van der Waals surface area contributed by atoms with Crippen molar-refractivity contribution in [3.05, 3.63) is 71.9 Å². The summed E-state index contributed by atoms with van der Waals surface area (Å²) in [5, 5.41) is 4.90. The molecule has 2 N–H and O–H groups in total.